The molecule has 0 aliphatic carbocycles. The highest BCUT2D eigenvalue weighted by Crippen LogP contribution is 2.34. The summed E-state index contributed by atoms with van der Waals surface area (Å²) in [6, 6.07) is 17.8. The fraction of sp³-hybridized carbons (Fsp3) is 0.375. The molecule has 2 unspecified atom stereocenters. The molecule has 1 N–H and O–H groups in total. The van der Waals surface area contributed by atoms with Crippen LogP contribution in [0.15, 0.2) is 73.1 Å². The smallest absolute Gasteiger partial charge is 0.416 e. The van der Waals surface area contributed by atoms with Gasteiger partial charge in [0.05, 0.1) is 5.56 Å². The number of likely N-dealkylation sites (tertiary alicyclic amines) is 2. The first-order chi connectivity index (χ1) is 20.3. The van der Waals surface area contributed by atoms with Crippen molar-refractivity contribution in [2.45, 2.75) is 50.2 Å². The molecule has 0 radical (unpaired) electrons. The van der Waals surface area contributed by atoms with Crippen LogP contribution >= 0.6 is 0 Å². The summed E-state index contributed by atoms with van der Waals surface area (Å²) in [5.41, 5.74) is 2.86. The molecular weight excluding hydrogens is 543 g/mol. The number of nitrogens with one attached hydrogen (secondary N) is 1. The number of piperidine rings is 1. The molecule has 42 heavy (non-hydrogen) atoms. The number of fused-ring (bicyclic) bond motifs is 3. The predicted molar refractivity (Wildman–Crippen MR) is 153 cm³/mol. The molecule has 0 spiro atoms. The summed E-state index contributed by atoms with van der Waals surface area (Å²) in [5, 5.41) is 0.964. The minimum Gasteiger partial charge on any atom is -0.490 e. The Morgan fingerprint density at radius 2 is 1.71 bits per heavy atom. The number of piperazine rings is 1. The van der Waals surface area contributed by atoms with Crippen molar-refractivity contribution >= 4 is 22.5 Å². The topological polar surface area (TPSA) is 64.7 Å². The van der Waals surface area contributed by atoms with E-state index >= 15 is 0 Å². The van der Waals surface area contributed by atoms with E-state index in [1.54, 1.807) is 0 Å². The number of carbonyl (C=O) groups is 1. The van der Waals surface area contributed by atoms with Crippen molar-refractivity contribution in [1.82, 2.24) is 19.8 Å². The fourth-order valence-corrected chi connectivity index (χ4v) is 6.65. The molecule has 3 fully saturated rings. The third-order valence-electron chi connectivity index (χ3n) is 8.88. The van der Waals surface area contributed by atoms with E-state index in [9.17, 15) is 18.0 Å². The van der Waals surface area contributed by atoms with Crippen molar-refractivity contribution < 1.29 is 22.7 Å². The van der Waals surface area contributed by atoms with E-state index in [0.29, 0.717) is 24.8 Å². The second-order valence-corrected chi connectivity index (χ2v) is 11.6. The first-order valence-corrected chi connectivity index (χ1v) is 14.5. The Kier molecular flexibility index (Phi) is 6.80. The molecule has 2 aromatic heterocycles. The lowest BCUT2D eigenvalue weighted by atomic mass is 10.1. The number of rotatable bonds is 6. The number of hydrogen-bond acceptors (Lipinski definition) is 5. The van der Waals surface area contributed by atoms with Crippen molar-refractivity contribution in [3.63, 3.8) is 0 Å². The molecule has 2 aromatic carbocycles. The highest BCUT2D eigenvalue weighted by molar-refractivity contribution is 5.98. The molecule has 5 heterocycles. The van der Waals surface area contributed by atoms with Crippen LogP contribution in [-0.4, -0.2) is 70.0 Å². The number of nitrogens with zero attached hydrogens (tertiary/aromatic N) is 4. The summed E-state index contributed by atoms with van der Waals surface area (Å²) >= 11 is 0. The van der Waals surface area contributed by atoms with Gasteiger partial charge in [0.1, 0.15) is 17.5 Å². The third-order valence-corrected chi connectivity index (χ3v) is 8.88. The summed E-state index contributed by atoms with van der Waals surface area (Å²) in [7, 11) is 0. The zero-order valence-corrected chi connectivity index (χ0v) is 23.1. The Hall–Kier alpha value is -4.05. The Morgan fingerprint density at radius 1 is 0.952 bits per heavy atom. The van der Waals surface area contributed by atoms with E-state index in [1.165, 1.54) is 17.7 Å². The van der Waals surface area contributed by atoms with E-state index in [2.05, 4.69) is 19.8 Å². The number of benzene rings is 2. The van der Waals surface area contributed by atoms with Gasteiger partial charge in [0.2, 0.25) is 0 Å². The number of aromatic nitrogens is 2. The van der Waals surface area contributed by atoms with Gasteiger partial charge >= 0.3 is 6.18 Å². The molecule has 3 saturated heterocycles. The first kappa shape index (κ1) is 26.8. The maximum atomic E-state index is 13.5. The molecule has 1 amide bonds. The molecule has 2 atom stereocenters. The zero-order valence-electron chi connectivity index (χ0n) is 23.1. The predicted octanol–water partition coefficient (Wildman–Crippen LogP) is 5.73. The van der Waals surface area contributed by atoms with Crippen molar-refractivity contribution in [1.29, 1.82) is 0 Å². The number of ether oxygens (including phenoxy) is 1. The van der Waals surface area contributed by atoms with Crippen LogP contribution in [-0.2, 0) is 12.7 Å². The molecule has 4 aromatic rings. The van der Waals surface area contributed by atoms with Crippen molar-refractivity contribution in [2.24, 2.45) is 0 Å². The van der Waals surface area contributed by atoms with Crippen LogP contribution in [0.3, 0.4) is 0 Å². The van der Waals surface area contributed by atoms with E-state index in [0.717, 1.165) is 73.4 Å². The van der Waals surface area contributed by atoms with E-state index < -0.39 is 11.7 Å². The lowest BCUT2D eigenvalue weighted by Crippen LogP contribution is -2.48. The van der Waals surface area contributed by atoms with E-state index in [4.69, 9.17) is 4.74 Å². The Balaban J connectivity index is 0.946. The van der Waals surface area contributed by atoms with Gasteiger partial charge in [-0.25, -0.2) is 0 Å². The maximum Gasteiger partial charge on any atom is 0.416 e. The molecule has 3 aliphatic rings. The van der Waals surface area contributed by atoms with Crippen LogP contribution in [0.2, 0.25) is 0 Å². The highest BCUT2D eigenvalue weighted by atomic mass is 19.4. The summed E-state index contributed by atoms with van der Waals surface area (Å²) in [6.45, 7) is 3.92. The van der Waals surface area contributed by atoms with E-state index in [1.807, 2.05) is 53.7 Å². The summed E-state index contributed by atoms with van der Waals surface area (Å²) in [5.74, 6) is 0.781. The number of aromatic amines is 1. The lowest BCUT2D eigenvalue weighted by molar-refractivity contribution is -0.137. The number of H-pyrrole nitrogens is 1. The highest BCUT2D eigenvalue weighted by Gasteiger charge is 2.45. The SMILES string of the molecule is O=C(c1cc2ccc(OC3CCN(c4ccc(C(F)(F)F)cc4)CC3)cc2[nH]1)N1CC2CC1CN2Cc1ccncc1. The van der Waals surface area contributed by atoms with Crippen LogP contribution in [0.5, 0.6) is 5.75 Å². The normalized spacial score (nSPS) is 21.4. The van der Waals surface area contributed by atoms with Crippen molar-refractivity contribution in [3.05, 3.63) is 89.9 Å². The van der Waals surface area contributed by atoms with Crippen molar-refractivity contribution in [3.8, 4) is 5.75 Å². The van der Waals surface area contributed by atoms with Gasteiger partial charge in [-0.2, -0.15) is 13.2 Å². The number of pyridine rings is 1. The van der Waals surface area contributed by atoms with Crippen LogP contribution in [0.1, 0.15) is 40.9 Å². The number of anilines is 1. The molecule has 7 rings (SSSR count). The van der Waals surface area contributed by atoms with E-state index in [-0.39, 0.29) is 18.1 Å². The van der Waals surface area contributed by atoms with Gasteiger partial charge < -0.3 is 19.5 Å². The number of alkyl halides is 3. The second kappa shape index (κ2) is 10.7. The van der Waals surface area contributed by atoms with Gasteiger partial charge in [-0.05, 0) is 66.6 Å². The largest absolute Gasteiger partial charge is 0.490 e. The molecule has 7 nitrogen and oxygen atoms in total. The second-order valence-electron chi connectivity index (χ2n) is 11.6. The van der Waals surface area contributed by atoms with Gasteiger partial charge in [0.15, 0.2) is 0 Å². The monoisotopic (exact) mass is 575 g/mol. The van der Waals surface area contributed by atoms with Gasteiger partial charge in [0.25, 0.3) is 5.91 Å². The Bertz CT molecular complexity index is 1560. The molecule has 218 valence electrons. The van der Waals surface area contributed by atoms with Crippen LogP contribution < -0.4 is 9.64 Å². The summed E-state index contributed by atoms with van der Waals surface area (Å²) < 4.78 is 44.9. The van der Waals surface area contributed by atoms with Crippen LogP contribution in [0, 0.1) is 0 Å². The minimum absolute atomic E-state index is 0.0134. The number of amides is 1. The average molecular weight is 576 g/mol. The Labute approximate surface area is 241 Å². The average Bonchev–Trinajstić information content (AvgIpc) is 3.72. The third kappa shape index (κ3) is 5.31. The molecule has 10 heteroatoms. The lowest BCUT2D eigenvalue weighted by Gasteiger charge is -2.34. The van der Waals surface area contributed by atoms with Crippen LogP contribution in [0.4, 0.5) is 18.9 Å². The molecule has 3 aliphatic heterocycles. The molecule has 2 bridgehead atoms. The van der Waals surface area contributed by atoms with Gasteiger partial charge in [0, 0.05) is 92.7 Å². The molecule has 0 saturated carbocycles. The number of halogens is 3. The summed E-state index contributed by atoms with van der Waals surface area (Å²) in [6.07, 6.45) is 1.87. The van der Waals surface area contributed by atoms with Crippen LogP contribution in [0.25, 0.3) is 10.9 Å². The zero-order chi connectivity index (χ0) is 28.8. The van der Waals surface area contributed by atoms with Gasteiger partial charge in [-0.15, -0.1) is 0 Å². The Morgan fingerprint density at radius 3 is 2.40 bits per heavy atom. The van der Waals surface area contributed by atoms with Gasteiger partial charge in [-0.3, -0.25) is 14.7 Å². The maximum absolute atomic E-state index is 13.5. The van der Waals surface area contributed by atoms with Gasteiger partial charge in [-0.1, -0.05) is 0 Å². The number of carbonyl (C=O) groups excluding carboxylic acids is 1. The molecular formula is C32H32F3N5O2. The standard InChI is InChI=1S/C32H32F3N5O2/c33-32(34,35)23-2-4-24(5-3-23)38-13-9-27(10-14-38)42-28-6-1-22-15-30(37-29(22)17-28)31(41)40-20-25-16-26(40)19-39(25)18-21-7-11-36-12-8-21/h1-8,11-12,15,17,25-27,37H,9-10,13-14,16,18-20H2. The first-order valence-electron chi connectivity index (χ1n) is 14.5. The number of hydrogen-bond donors (Lipinski definition) is 1. The quantitative estimate of drug-likeness (QED) is 0.318. The minimum atomic E-state index is -4.33. The summed E-state index contributed by atoms with van der Waals surface area (Å²) in [4.78, 5) is 27.5. The van der Waals surface area contributed by atoms with Crippen molar-refractivity contribution in [2.75, 3.05) is 31.1 Å². The fourth-order valence-electron chi connectivity index (χ4n) is 6.65.